The van der Waals surface area contributed by atoms with Crippen LogP contribution in [0.5, 0.6) is 0 Å². The SMILES string of the molecule is COCC(C)NC(=NCc1ccc(Cl)s1)NN. The normalized spacial score (nSPS) is 13.5. The molecule has 1 unspecified atom stereocenters. The third kappa shape index (κ3) is 5.36. The molecule has 96 valence electrons. The van der Waals surface area contributed by atoms with Crippen LogP contribution in [0.1, 0.15) is 11.8 Å². The van der Waals surface area contributed by atoms with Crippen molar-refractivity contribution in [2.24, 2.45) is 10.8 Å². The zero-order chi connectivity index (χ0) is 12.7. The van der Waals surface area contributed by atoms with Gasteiger partial charge in [-0.2, -0.15) is 0 Å². The molecule has 5 nitrogen and oxygen atoms in total. The summed E-state index contributed by atoms with van der Waals surface area (Å²) >= 11 is 7.34. The molecule has 0 fully saturated rings. The molecule has 0 aromatic carbocycles. The number of nitrogens with one attached hydrogen (secondary N) is 2. The van der Waals surface area contributed by atoms with E-state index in [4.69, 9.17) is 22.2 Å². The minimum Gasteiger partial charge on any atom is -0.383 e. The van der Waals surface area contributed by atoms with E-state index >= 15 is 0 Å². The van der Waals surface area contributed by atoms with Crippen molar-refractivity contribution in [2.75, 3.05) is 13.7 Å². The number of guanidine groups is 1. The van der Waals surface area contributed by atoms with E-state index in [1.807, 2.05) is 19.1 Å². The van der Waals surface area contributed by atoms with Gasteiger partial charge < -0.3 is 10.1 Å². The second-order valence-electron chi connectivity index (χ2n) is 3.52. The second kappa shape index (κ2) is 7.50. The number of aliphatic imine (C=N–C) groups is 1. The smallest absolute Gasteiger partial charge is 0.206 e. The summed E-state index contributed by atoms with van der Waals surface area (Å²) in [6.45, 7) is 3.12. The third-order valence-corrected chi connectivity index (χ3v) is 3.17. The number of halogens is 1. The number of rotatable bonds is 5. The number of hydrogen-bond donors (Lipinski definition) is 3. The summed E-state index contributed by atoms with van der Waals surface area (Å²) in [5.74, 6) is 5.92. The van der Waals surface area contributed by atoms with Gasteiger partial charge in [-0.1, -0.05) is 11.6 Å². The molecule has 0 amide bonds. The summed E-state index contributed by atoms with van der Waals surface area (Å²) in [5.41, 5.74) is 2.52. The largest absolute Gasteiger partial charge is 0.383 e. The highest BCUT2D eigenvalue weighted by Crippen LogP contribution is 2.21. The first kappa shape index (κ1) is 14.2. The Labute approximate surface area is 110 Å². The van der Waals surface area contributed by atoms with Crippen molar-refractivity contribution in [3.05, 3.63) is 21.3 Å². The lowest BCUT2D eigenvalue weighted by molar-refractivity contribution is 0.179. The first-order valence-corrected chi connectivity index (χ1v) is 6.36. The Morgan fingerprint density at radius 1 is 1.65 bits per heavy atom. The molecule has 0 bridgehead atoms. The van der Waals surface area contributed by atoms with Gasteiger partial charge in [-0.05, 0) is 19.1 Å². The predicted octanol–water partition coefficient (Wildman–Crippen LogP) is 1.35. The fraction of sp³-hybridized carbons (Fsp3) is 0.500. The number of nitrogens with two attached hydrogens (primary N) is 1. The van der Waals surface area contributed by atoms with Crippen molar-refractivity contribution in [1.29, 1.82) is 0 Å². The average Bonchev–Trinajstić information content (AvgIpc) is 2.70. The Kier molecular flexibility index (Phi) is 6.28. The van der Waals surface area contributed by atoms with Crippen LogP contribution in [0.4, 0.5) is 0 Å². The molecule has 17 heavy (non-hydrogen) atoms. The lowest BCUT2D eigenvalue weighted by Crippen LogP contribution is -2.46. The molecule has 1 rings (SSSR count). The van der Waals surface area contributed by atoms with E-state index in [-0.39, 0.29) is 6.04 Å². The Bertz CT molecular complexity index is 369. The predicted molar refractivity (Wildman–Crippen MR) is 72.3 cm³/mol. The van der Waals surface area contributed by atoms with Crippen molar-refractivity contribution in [3.8, 4) is 0 Å². The summed E-state index contributed by atoms with van der Waals surface area (Å²) in [4.78, 5) is 5.40. The monoisotopic (exact) mass is 276 g/mol. The maximum absolute atomic E-state index is 5.83. The lowest BCUT2D eigenvalue weighted by atomic mass is 10.4. The van der Waals surface area contributed by atoms with Gasteiger partial charge in [0.1, 0.15) is 0 Å². The Hall–Kier alpha value is -0.820. The zero-order valence-corrected chi connectivity index (χ0v) is 11.4. The fourth-order valence-electron chi connectivity index (χ4n) is 1.25. The number of nitrogens with zero attached hydrogens (tertiary/aromatic N) is 1. The van der Waals surface area contributed by atoms with Crippen molar-refractivity contribution < 1.29 is 4.74 Å². The molecule has 0 aliphatic heterocycles. The standard InChI is InChI=1S/C10H17ClN4OS/c1-7(6-16-2)14-10(15-12)13-5-8-3-4-9(11)17-8/h3-4,7H,5-6,12H2,1-2H3,(H2,13,14,15). The van der Waals surface area contributed by atoms with Crippen LogP contribution in [0.15, 0.2) is 17.1 Å². The molecule has 1 aromatic rings. The number of ether oxygens (including phenoxy) is 1. The van der Waals surface area contributed by atoms with E-state index in [1.54, 1.807) is 7.11 Å². The molecule has 4 N–H and O–H groups in total. The molecule has 1 aromatic heterocycles. The first-order valence-electron chi connectivity index (χ1n) is 5.16. The van der Waals surface area contributed by atoms with Gasteiger partial charge in [0.2, 0.25) is 5.96 Å². The Morgan fingerprint density at radius 2 is 2.41 bits per heavy atom. The van der Waals surface area contributed by atoms with Crippen LogP contribution in [-0.4, -0.2) is 25.7 Å². The average molecular weight is 277 g/mol. The molecular formula is C10H17ClN4OS. The highest BCUT2D eigenvalue weighted by molar-refractivity contribution is 7.16. The molecule has 0 saturated carbocycles. The highest BCUT2D eigenvalue weighted by atomic mass is 35.5. The molecular weight excluding hydrogens is 260 g/mol. The number of hydrazine groups is 1. The van der Waals surface area contributed by atoms with Crippen LogP contribution in [0.25, 0.3) is 0 Å². The van der Waals surface area contributed by atoms with Crippen LogP contribution >= 0.6 is 22.9 Å². The van der Waals surface area contributed by atoms with Crippen LogP contribution in [0.2, 0.25) is 4.34 Å². The minimum atomic E-state index is 0.140. The molecule has 0 saturated heterocycles. The van der Waals surface area contributed by atoms with Crippen molar-refractivity contribution >= 4 is 28.9 Å². The second-order valence-corrected chi connectivity index (χ2v) is 5.32. The van der Waals surface area contributed by atoms with Crippen LogP contribution in [0, 0.1) is 0 Å². The summed E-state index contributed by atoms with van der Waals surface area (Å²) < 4.78 is 5.78. The number of thiophene rings is 1. The van der Waals surface area contributed by atoms with Crippen LogP contribution < -0.4 is 16.6 Å². The lowest BCUT2D eigenvalue weighted by Gasteiger charge is -2.15. The maximum Gasteiger partial charge on any atom is 0.206 e. The van der Waals surface area contributed by atoms with Gasteiger partial charge in [-0.3, -0.25) is 5.43 Å². The van der Waals surface area contributed by atoms with Gasteiger partial charge in [0, 0.05) is 18.0 Å². The molecule has 0 aliphatic carbocycles. The van der Waals surface area contributed by atoms with Crippen molar-refractivity contribution in [2.45, 2.75) is 19.5 Å². The van der Waals surface area contributed by atoms with Crippen LogP contribution in [0.3, 0.4) is 0 Å². The Morgan fingerprint density at radius 3 is 2.94 bits per heavy atom. The summed E-state index contributed by atoms with van der Waals surface area (Å²) in [5, 5.41) is 3.11. The van der Waals surface area contributed by atoms with E-state index in [0.717, 1.165) is 9.21 Å². The first-order chi connectivity index (χ1) is 8.15. The van der Waals surface area contributed by atoms with Gasteiger partial charge in [0.15, 0.2) is 0 Å². The number of methoxy groups -OCH3 is 1. The van der Waals surface area contributed by atoms with Crippen LogP contribution in [-0.2, 0) is 11.3 Å². The van der Waals surface area contributed by atoms with Gasteiger partial charge in [0.25, 0.3) is 0 Å². The summed E-state index contributed by atoms with van der Waals surface area (Å²) in [6.07, 6.45) is 0. The van der Waals surface area contributed by atoms with E-state index in [2.05, 4.69) is 15.7 Å². The van der Waals surface area contributed by atoms with E-state index in [9.17, 15) is 0 Å². The highest BCUT2D eigenvalue weighted by Gasteiger charge is 2.04. The van der Waals surface area contributed by atoms with E-state index in [1.165, 1.54) is 11.3 Å². The molecule has 0 radical (unpaired) electrons. The molecule has 1 heterocycles. The topological polar surface area (TPSA) is 71.7 Å². The zero-order valence-electron chi connectivity index (χ0n) is 9.87. The van der Waals surface area contributed by atoms with E-state index in [0.29, 0.717) is 19.1 Å². The van der Waals surface area contributed by atoms with Gasteiger partial charge in [0.05, 0.1) is 17.5 Å². The minimum absolute atomic E-state index is 0.140. The van der Waals surface area contributed by atoms with Crippen molar-refractivity contribution in [1.82, 2.24) is 10.7 Å². The maximum atomic E-state index is 5.83. The molecule has 7 heteroatoms. The molecule has 1 atom stereocenters. The van der Waals surface area contributed by atoms with Gasteiger partial charge in [-0.25, -0.2) is 10.8 Å². The van der Waals surface area contributed by atoms with Crippen molar-refractivity contribution in [3.63, 3.8) is 0 Å². The van der Waals surface area contributed by atoms with Gasteiger partial charge >= 0.3 is 0 Å². The third-order valence-electron chi connectivity index (χ3n) is 1.96. The number of hydrogen-bond acceptors (Lipinski definition) is 4. The van der Waals surface area contributed by atoms with Gasteiger partial charge in [-0.15, -0.1) is 11.3 Å². The molecule has 0 spiro atoms. The Balaban J connectivity index is 2.49. The summed E-state index contributed by atoms with van der Waals surface area (Å²) in [6, 6.07) is 3.94. The molecule has 0 aliphatic rings. The van der Waals surface area contributed by atoms with E-state index < -0.39 is 0 Å². The summed E-state index contributed by atoms with van der Waals surface area (Å²) in [7, 11) is 1.65. The fourth-order valence-corrected chi connectivity index (χ4v) is 2.26. The quantitative estimate of drug-likeness (QED) is 0.329.